The number of hydrogen-bond acceptors (Lipinski definition) is 8. The first-order valence-electron chi connectivity index (χ1n) is 12.8. The van der Waals surface area contributed by atoms with E-state index in [1.54, 1.807) is 32.9 Å². The molecule has 2 atom stereocenters. The predicted molar refractivity (Wildman–Crippen MR) is 141 cm³/mol. The Hall–Kier alpha value is -4.00. The van der Waals surface area contributed by atoms with Gasteiger partial charge in [-0.2, -0.15) is 9.61 Å². The van der Waals surface area contributed by atoms with Gasteiger partial charge in [0.15, 0.2) is 5.65 Å². The van der Waals surface area contributed by atoms with E-state index in [9.17, 15) is 23.9 Å². The van der Waals surface area contributed by atoms with Crippen LogP contribution >= 0.6 is 0 Å². The Labute approximate surface area is 223 Å². The van der Waals surface area contributed by atoms with E-state index in [-0.39, 0.29) is 47.0 Å². The van der Waals surface area contributed by atoms with E-state index in [0.717, 1.165) is 12.8 Å². The van der Waals surface area contributed by atoms with Gasteiger partial charge in [0.25, 0.3) is 11.5 Å². The number of ether oxygens (including phenoxy) is 1. The zero-order valence-corrected chi connectivity index (χ0v) is 22.3. The summed E-state index contributed by atoms with van der Waals surface area (Å²) < 4.78 is 21.8. The molecule has 2 aliphatic carbocycles. The van der Waals surface area contributed by atoms with Gasteiger partial charge in [-0.3, -0.25) is 14.5 Å². The number of rotatable bonds is 8. The van der Waals surface area contributed by atoms with Gasteiger partial charge in [-0.05, 0) is 45.7 Å². The highest BCUT2D eigenvalue weighted by molar-refractivity contribution is 6.00. The minimum absolute atomic E-state index is 0.0161. The summed E-state index contributed by atoms with van der Waals surface area (Å²) in [6, 6.07) is 4.18. The van der Waals surface area contributed by atoms with E-state index in [1.165, 1.54) is 39.5 Å². The summed E-state index contributed by atoms with van der Waals surface area (Å²) in [6.45, 7) is 5.52. The Balaban J connectivity index is 1.52. The molecule has 0 saturated heterocycles. The molecule has 0 radical (unpaired) electrons. The van der Waals surface area contributed by atoms with Gasteiger partial charge < -0.3 is 25.0 Å². The maximum atomic E-state index is 13.7. The van der Waals surface area contributed by atoms with Crippen LogP contribution in [0.4, 0.5) is 26.5 Å². The molecule has 39 heavy (non-hydrogen) atoms. The lowest BCUT2D eigenvalue weighted by atomic mass is 10.1. The molecule has 0 aromatic carbocycles. The van der Waals surface area contributed by atoms with E-state index >= 15 is 0 Å². The van der Waals surface area contributed by atoms with Crippen molar-refractivity contribution < 1.29 is 23.8 Å². The van der Waals surface area contributed by atoms with Crippen LogP contribution in [0.3, 0.4) is 0 Å². The van der Waals surface area contributed by atoms with Crippen molar-refractivity contribution in [2.24, 2.45) is 5.41 Å². The zero-order valence-electron chi connectivity index (χ0n) is 22.3. The lowest BCUT2D eigenvalue weighted by Crippen LogP contribution is -2.35. The molecule has 0 bridgehead atoms. The lowest BCUT2D eigenvalue weighted by molar-refractivity contribution is 0.0587. The fourth-order valence-corrected chi connectivity index (χ4v) is 4.21. The molecule has 0 aliphatic heterocycles. The first-order valence-corrected chi connectivity index (χ1v) is 12.8. The largest absolute Gasteiger partial charge is 0.443 e. The smallest absolute Gasteiger partial charge is 0.415 e. The van der Waals surface area contributed by atoms with Gasteiger partial charge in [0.1, 0.15) is 34.7 Å². The van der Waals surface area contributed by atoms with Gasteiger partial charge in [0.2, 0.25) is 0 Å². The number of aliphatic hydroxyl groups excluding tert-OH is 1. The molecule has 208 valence electrons. The number of carbonyl (C=O) groups excluding carboxylic acids is 2. The van der Waals surface area contributed by atoms with E-state index in [4.69, 9.17) is 4.74 Å². The second-order valence-corrected chi connectivity index (χ2v) is 11.3. The normalized spacial score (nSPS) is 19.4. The van der Waals surface area contributed by atoms with Crippen molar-refractivity contribution in [1.29, 1.82) is 0 Å². The number of amides is 2. The second kappa shape index (κ2) is 9.63. The van der Waals surface area contributed by atoms with Crippen molar-refractivity contribution in [1.82, 2.24) is 24.5 Å². The highest BCUT2D eigenvalue weighted by Gasteiger charge is 2.42. The van der Waals surface area contributed by atoms with Crippen LogP contribution in [0.5, 0.6) is 0 Å². The Morgan fingerprint density at radius 3 is 2.67 bits per heavy atom. The zero-order chi connectivity index (χ0) is 28.1. The van der Waals surface area contributed by atoms with Crippen LogP contribution in [0, 0.1) is 5.41 Å². The molecule has 0 unspecified atom stereocenters. The Morgan fingerprint density at radius 1 is 1.33 bits per heavy atom. The quantitative estimate of drug-likeness (QED) is 0.395. The molecule has 0 spiro atoms. The number of alkyl halides is 1. The third kappa shape index (κ3) is 5.44. The summed E-state index contributed by atoms with van der Waals surface area (Å²) in [4.78, 5) is 44.8. The molecule has 13 heteroatoms. The molecule has 12 nitrogen and oxygen atoms in total. The average molecular weight is 542 g/mol. The number of anilines is 3. The van der Waals surface area contributed by atoms with E-state index in [2.05, 4.69) is 20.7 Å². The van der Waals surface area contributed by atoms with Gasteiger partial charge in [-0.15, -0.1) is 0 Å². The molecule has 2 fully saturated rings. The van der Waals surface area contributed by atoms with Crippen molar-refractivity contribution in [3.05, 3.63) is 46.5 Å². The standard InChI is InChI=1S/C26H32FN7O5/c1-25(2,3)39-24(38)32(4)20-11-19(30-17-6-5-9-33(23(17)37)18-10-16(18)27)31-21-15(12-29-34(20)21)22(36)28-13-26(14-35)7-8-26/h5-6,9,11-12,16,18,35H,7-8,10,13-14H2,1-4H3,(H,28,36)(H,30,31)/t16-,18-/m1/s1. The number of fused-ring (bicyclic) bond motifs is 1. The predicted octanol–water partition coefficient (Wildman–Crippen LogP) is 2.79. The summed E-state index contributed by atoms with van der Waals surface area (Å²) in [5.41, 5.74) is -1.03. The molecule has 3 heterocycles. The van der Waals surface area contributed by atoms with Crippen molar-refractivity contribution in [3.8, 4) is 0 Å². The van der Waals surface area contributed by atoms with Crippen LogP contribution in [0.1, 0.15) is 56.4 Å². The van der Waals surface area contributed by atoms with Crippen molar-refractivity contribution in [2.45, 2.75) is 57.8 Å². The molecular formula is C26H32FN7O5. The average Bonchev–Trinajstić information content (AvgIpc) is 3.78. The maximum absolute atomic E-state index is 13.7. The van der Waals surface area contributed by atoms with Crippen LogP contribution in [-0.4, -0.2) is 68.2 Å². The van der Waals surface area contributed by atoms with Gasteiger partial charge in [-0.1, -0.05) is 0 Å². The van der Waals surface area contributed by atoms with Crippen molar-refractivity contribution >= 4 is 35.0 Å². The number of pyridine rings is 1. The highest BCUT2D eigenvalue weighted by atomic mass is 19.1. The molecule has 3 N–H and O–H groups in total. The van der Waals surface area contributed by atoms with Crippen LogP contribution in [-0.2, 0) is 4.74 Å². The van der Waals surface area contributed by atoms with Gasteiger partial charge in [0.05, 0.1) is 18.8 Å². The minimum atomic E-state index is -1.06. The number of carbonyl (C=O) groups is 2. The number of aliphatic hydroxyl groups is 1. The summed E-state index contributed by atoms with van der Waals surface area (Å²) in [5, 5.41) is 19.7. The topological polar surface area (TPSA) is 143 Å². The van der Waals surface area contributed by atoms with E-state index in [0.29, 0.717) is 6.54 Å². The molecule has 5 rings (SSSR count). The molecule has 2 amide bonds. The number of nitrogens with one attached hydrogen (secondary N) is 2. The number of aromatic nitrogens is 4. The van der Waals surface area contributed by atoms with Gasteiger partial charge in [-0.25, -0.2) is 14.2 Å². The Bertz CT molecular complexity index is 1490. The first kappa shape index (κ1) is 26.6. The van der Waals surface area contributed by atoms with Crippen LogP contribution < -0.4 is 21.1 Å². The molecule has 2 aliphatic rings. The van der Waals surface area contributed by atoms with Gasteiger partial charge in [0, 0.05) is 37.7 Å². The number of nitrogens with zero attached hydrogens (tertiary/aromatic N) is 5. The summed E-state index contributed by atoms with van der Waals surface area (Å²) in [5.74, 6) is -0.0453. The summed E-state index contributed by atoms with van der Waals surface area (Å²) >= 11 is 0. The van der Waals surface area contributed by atoms with Crippen LogP contribution in [0.25, 0.3) is 5.65 Å². The van der Waals surface area contributed by atoms with Crippen molar-refractivity contribution in [3.63, 3.8) is 0 Å². The molecule has 2 saturated carbocycles. The first-order chi connectivity index (χ1) is 18.4. The molecule has 3 aromatic heterocycles. The Kier molecular flexibility index (Phi) is 6.57. The maximum Gasteiger partial charge on any atom is 0.415 e. The van der Waals surface area contributed by atoms with Crippen molar-refractivity contribution in [2.75, 3.05) is 30.4 Å². The van der Waals surface area contributed by atoms with Crippen LogP contribution in [0.15, 0.2) is 35.4 Å². The van der Waals surface area contributed by atoms with E-state index in [1.807, 2.05) is 0 Å². The SMILES string of the molecule is CN(C(=O)OC(C)(C)C)c1cc(Nc2cccn([C@@H]3C[C@H]3F)c2=O)nc2c(C(=O)NCC3(CO)CC3)cnn12. The monoisotopic (exact) mass is 541 g/mol. The lowest BCUT2D eigenvalue weighted by Gasteiger charge is -2.25. The second-order valence-electron chi connectivity index (χ2n) is 11.3. The van der Waals surface area contributed by atoms with Gasteiger partial charge >= 0.3 is 6.09 Å². The molecule has 3 aromatic rings. The molecular weight excluding hydrogens is 509 g/mol. The number of halogens is 1. The minimum Gasteiger partial charge on any atom is -0.443 e. The van der Waals surface area contributed by atoms with E-state index < -0.39 is 35.4 Å². The van der Waals surface area contributed by atoms with Crippen LogP contribution in [0.2, 0.25) is 0 Å². The number of hydrogen-bond donors (Lipinski definition) is 3. The summed E-state index contributed by atoms with van der Waals surface area (Å²) in [7, 11) is 1.50. The fraction of sp³-hybridized carbons (Fsp3) is 0.500. The highest BCUT2D eigenvalue weighted by Crippen LogP contribution is 2.44. The fourth-order valence-electron chi connectivity index (χ4n) is 4.21. The summed E-state index contributed by atoms with van der Waals surface area (Å²) in [6.07, 6.45) is 3.10. The Morgan fingerprint density at radius 2 is 2.05 bits per heavy atom. The third-order valence-corrected chi connectivity index (χ3v) is 6.90. The third-order valence-electron chi connectivity index (χ3n) is 6.90.